The Kier molecular flexibility index (Phi) is 4.71. The van der Waals surface area contributed by atoms with E-state index in [2.05, 4.69) is 11.1 Å². The molecule has 0 amide bonds. The highest BCUT2D eigenvalue weighted by Crippen LogP contribution is 2.34. The second kappa shape index (κ2) is 6.10. The standard InChI is InChI=1S/C11H14N2O2S3/c12-18(14,15)7-3-6-16-11-13-10-5-2-1-4-9(10)8-17-11/h1-2,4-5H,3,6-8H2,(H2,12,14,15). The maximum atomic E-state index is 10.8. The summed E-state index contributed by atoms with van der Waals surface area (Å²) in [6, 6.07) is 8.06. The van der Waals surface area contributed by atoms with E-state index in [1.54, 1.807) is 23.5 Å². The lowest BCUT2D eigenvalue weighted by Gasteiger charge is -2.13. The first-order valence-corrected chi connectivity index (χ1v) is 9.16. The van der Waals surface area contributed by atoms with E-state index in [0.29, 0.717) is 6.42 Å². The van der Waals surface area contributed by atoms with Gasteiger partial charge in [-0.3, -0.25) is 0 Å². The molecule has 0 bridgehead atoms. The molecule has 1 heterocycles. The van der Waals surface area contributed by atoms with Crippen molar-refractivity contribution in [3.05, 3.63) is 29.8 Å². The Labute approximate surface area is 115 Å². The summed E-state index contributed by atoms with van der Waals surface area (Å²) in [5.74, 6) is 1.69. The highest BCUT2D eigenvalue weighted by atomic mass is 32.2. The Morgan fingerprint density at radius 1 is 1.39 bits per heavy atom. The third-order valence-electron chi connectivity index (χ3n) is 2.35. The van der Waals surface area contributed by atoms with Crippen LogP contribution in [0.3, 0.4) is 0 Å². The molecule has 0 spiro atoms. The Morgan fingerprint density at radius 2 is 2.17 bits per heavy atom. The topological polar surface area (TPSA) is 72.5 Å². The van der Waals surface area contributed by atoms with Crippen molar-refractivity contribution >= 4 is 43.6 Å². The third kappa shape index (κ3) is 4.31. The zero-order valence-corrected chi connectivity index (χ0v) is 12.2. The smallest absolute Gasteiger partial charge is 0.209 e. The minimum Gasteiger partial charge on any atom is -0.235 e. The van der Waals surface area contributed by atoms with Crippen LogP contribution in [-0.4, -0.2) is 24.3 Å². The zero-order valence-electron chi connectivity index (χ0n) is 9.70. The fraction of sp³-hybridized carbons (Fsp3) is 0.364. The lowest BCUT2D eigenvalue weighted by Crippen LogP contribution is -2.16. The number of nitrogens with zero attached hydrogens (tertiary/aromatic N) is 1. The molecule has 0 saturated carbocycles. The van der Waals surface area contributed by atoms with E-state index < -0.39 is 10.0 Å². The summed E-state index contributed by atoms with van der Waals surface area (Å²) in [6.07, 6.45) is 0.560. The van der Waals surface area contributed by atoms with Crippen molar-refractivity contribution in [3.63, 3.8) is 0 Å². The van der Waals surface area contributed by atoms with Gasteiger partial charge in [-0.15, -0.1) is 0 Å². The first kappa shape index (κ1) is 13.9. The molecule has 0 fully saturated rings. The highest BCUT2D eigenvalue weighted by Gasteiger charge is 2.12. The first-order chi connectivity index (χ1) is 8.54. The van der Waals surface area contributed by atoms with Gasteiger partial charge in [-0.1, -0.05) is 41.7 Å². The van der Waals surface area contributed by atoms with Crippen molar-refractivity contribution in [3.8, 4) is 0 Å². The van der Waals surface area contributed by atoms with Gasteiger partial charge in [-0.25, -0.2) is 18.5 Å². The molecule has 2 rings (SSSR count). The number of rotatable bonds is 4. The van der Waals surface area contributed by atoms with E-state index in [-0.39, 0.29) is 5.75 Å². The van der Waals surface area contributed by atoms with E-state index >= 15 is 0 Å². The number of benzene rings is 1. The molecule has 0 unspecified atom stereocenters. The predicted molar refractivity (Wildman–Crippen MR) is 79.9 cm³/mol. The van der Waals surface area contributed by atoms with Crippen molar-refractivity contribution in [1.82, 2.24) is 0 Å². The van der Waals surface area contributed by atoms with Gasteiger partial charge in [0.1, 0.15) is 4.38 Å². The number of hydrogen-bond donors (Lipinski definition) is 1. The zero-order chi connectivity index (χ0) is 13.0. The normalized spacial score (nSPS) is 15.1. The number of sulfonamides is 1. The molecular weight excluding hydrogens is 288 g/mol. The minimum absolute atomic E-state index is 0.0362. The van der Waals surface area contributed by atoms with Crippen molar-refractivity contribution in [2.24, 2.45) is 10.1 Å². The van der Waals surface area contributed by atoms with E-state index in [9.17, 15) is 8.42 Å². The molecular formula is C11H14N2O2S3. The van der Waals surface area contributed by atoms with Crippen LogP contribution in [0, 0.1) is 0 Å². The molecule has 1 aromatic rings. The molecule has 98 valence electrons. The molecule has 7 heteroatoms. The van der Waals surface area contributed by atoms with E-state index in [4.69, 9.17) is 5.14 Å². The van der Waals surface area contributed by atoms with Gasteiger partial charge in [0.05, 0.1) is 11.4 Å². The van der Waals surface area contributed by atoms with Crippen molar-refractivity contribution < 1.29 is 8.42 Å². The van der Waals surface area contributed by atoms with Gasteiger partial charge < -0.3 is 0 Å². The second-order valence-corrected chi connectivity index (χ2v) is 7.90. The molecule has 1 aliphatic heterocycles. The second-order valence-electron chi connectivity index (χ2n) is 3.86. The Morgan fingerprint density at radius 3 is 2.94 bits per heavy atom. The first-order valence-electron chi connectivity index (χ1n) is 5.47. The third-order valence-corrected chi connectivity index (χ3v) is 5.54. The molecule has 18 heavy (non-hydrogen) atoms. The predicted octanol–water partition coefficient (Wildman–Crippen LogP) is 2.33. The average molecular weight is 302 g/mol. The van der Waals surface area contributed by atoms with Crippen molar-refractivity contribution in [1.29, 1.82) is 0 Å². The van der Waals surface area contributed by atoms with Crippen LogP contribution in [0.5, 0.6) is 0 Å². The summed E-state index contributed by atoms with van der Waals surface area (Å²) in [7, 11) is -3.34. The summed E-state index contributed by atoms with van der Waals surface area (Å²) in [6.45, 7) is 0. The fourth-order valence-electron chi connectivity index (χ4n) is 1.51. The van der Waals surface area contributed by atoms with Gasteiger partial charge in [-0.05, 0) is 18.1 Å². The highest BCUT2D eigenvalue weighted by molar-refractivity contribution is 8.38. The lowest BCUT2D eigenvalue weighted by molar-refractivity contribution is 0.596. The van der Waals surface area contributed by atoms with Crippen molar-refractivity contribution in [2.75, 3.05) is 11.5 Å². The number of aliphatic imine (C=N–C) groups is 1. The maximum Gasteiger partial charge on any atom is 0.209 e. The molecule has 1 aromatic carbocycles. The van der Waals surface area contributed by atoms with E-state index in [1.165, 1.54) is 5.56 Å². The van der Waals surface area contributed by atoms with Crippen LogP contribution in [0.15, 0.2) is 29.3 Å². The van der Waals surface area contributed by atoms with Gasteiger partial charge in [0.25, 0.3) is 0 Å². The van der Waals surface area contributed by atoms with Crippen LogP contribution >= 0.6 is 23.5 Å². The van der Waals surface area contributed by atoms with Crippen LogP contribution < -0.4 is 5.14 Å². The summed E-state index contributed by atoms with van der Waals surface area (Å²) >= 11 is 3.29. The molecule has 0 aliphatic carbocycles. The molecule has 0 atom stereocenters. The van der Waals surface area contributed by atoms with Crippen LogP contribution in [0.4, 0.5) is 5.69 Å². The van der Waals surface area contributed by atoms with Gasteiger partial charge >= 0.3 is 0 Å². The van der Waals surface area contributed by atoms with Crippen LogP contribution in [0.2, 0.25) is 0 Å². The summed E-state index contributed by atoms with van der Waals surface area (Å²) in [5.41, 5.74) is 2.27. The quantitative estimate of drug-likeness (QED) is 0.866. The van der Waals surface area contributed by atoms with E-state index in [1.807, 2.05) is 18.2 Å². The van der Waals surface area contributed by atoms with E-state index in [0.717, 1.165) is 21.6 Å². The van der Waals surface area contributed by atoms with Gasteiger partial charge in [-0.2, -0.15) is 0 Å². The maximum absolute atomic E-state index is 10.8. The van der Waals surface area contributed by atoms with Crippen LogP contribution in [0.1, 0.15) is 12.0 Å². The lowest BCUT2D eigenvalue weighted by atomic mass is 10.2. The summed E-state index contributed by atoms with van der Waals surface area (Å²) < 4.78 is 22.6. The number of para-hydroxylation sites is 1. The Balaban J connectivity index is 1.87. The minimum atomic E-state index is -3.34. The molecule has 0 aromatic heterocycles. The summed E-state index contributed by atoms with van der Waals surface area (Å²) in [5, 5.41) is 4.95. The van der Waals surface area contributed by atoms with Gasteiger partial charge in [0, 0.05) is 11.5 Å². The molecule has 0 saturated heterocycles. The van der Waals surface area contributed by atoms with Gasteiger partial charge in [0.15, 0.2) is 0 Å². The van der Waals surface area contributed by atoms with Crippen molar-refractivity contribution in [2.45, 2.75) is 12.2 Å². The van der Waals surface area contributed by atoms with Crippen LogP contribution in [-0.2, 0) is 15.8 Å². The summed E-state index contributed by atoms with van der Waals surface area (Å²) in [4.78, 5) is 4.54. The number of primary sulfonamides is 1. The number of hydrogen-bond acceptors (Lipinski definition) is 5. The Bertz CT molecular complexity index is 555. The average Bonchev–Trinajstić information content (AvgIpc) is 2.33. The Hall–Kier alpha value is -0.500. The monoisotopic (exact) mass is 302 g/mol. The largest absolute Gasteiger partial charge is 0.235 e. The number of fused-ring (bicyclic) bond motifs is 1. The van der Waals surface area contributed by atoms with Crippen LogP contribution in [0.25, 0.3) is 0 Å². The number of nitrogens with two attached hydrogens (primary N) is 1. The SMILES string of the molecule is NS(=O)(=O)CCCSC1=Nc2ccccc2CS1. The molecule has 1 aliphatic rings. The molecule has 0 radical (unpaired) electrons. The molecule has 4 nitrogen and oxygen atoms in total. The molecule has 2 N–H and O–H groups in total. The van der Waals surface area contributed by atoms with Gasteiger partial charge in [0.2, 0.25) is 10.0 Å². The number of thioether (sulfide) groups is 2. The fourth-order valence-corrected chi connectivity index (χ4v) is 4.31.